The first kappa shape index (κ1) is 7.59. The van der Waals surface area contributed by atoms with E-state index in [4.69, 9.17) is 0 Å². The van der Waals surface area contributed by atoms with Crippen LogP contribution < -0.4 is 0 Å². The summed E-state index contributed by atoms with van der Waals surface area (Å²) in [7, 11) is 0. The molecule has 1 aliphatic carbocycles. The molecule has 0 aliphatic heterocycles. The maximum atomic E-state index is 2.34. The van der Waals surface area contributed by atoms with Crippen molar-refractivity contribution in [1.82, 2.24) is 0 Å². The Labute approximate surface area is 63.6 Å². The van der Waals surface area contributed by atoms with Gasteiger partial charge in [0, 0.05) is 0 Å². The molecule has 0 aromatic carbocycles. The smallest absolute Gasteiger partial charge is 0.0316 e. The zero-order valence-corrected chi connectivity index (χ0v) is 6.42. The van der Waals surface area contributed by atoms with Crippen LogP contribution in [-0.2, 0) is 0 Å². The number of rotatable bonds is 0. The summed E-state index contributed by atoms with van der Waals surface area (Å²) in [5.41, 5.74) is 0. The fourth-order valence-electron chi connectivity index (χ4n) is 1.07. The second kappa shape index (κ2) is 5.28. The van der Waals surface area contributed by atoms with Crippen molar-refractivity contribution in [3.63, 3.8) is 0 Å². The van der Waals surface area contributed by atoms with Crippen molar-refractivity contribution in [2.45, 2.75) is 32.1 Å². The van der Waals surface area contributed by atoms with Gasteiger partial charge in [0.1, 0.15) is 0 Å². The van der Waals surface area contributed by atoms with Crippen LogP contribution in [-0.4, -0.2) is 0 Å². The van der Waals surface area contributed by atoms with Crippen molar-refractivity contribution in [1.29, 1.82) is 0 Å². The van der Waals surface area contributed by atoms with Gasteiger partial charge < -0.3 is 0 Å². The molecule has 1 rings (SSSR count). The minimum atomic E-state index is 1.16. The normalized spacial score (nSPS) is 27.2. The van der Waals surface area contributed by atoms with Gasteiger partial charge in [0.15, 0.2) is 0 Å². The van der Waals surface area contributed by atoms with Crippen LogP contribution in [0.2, 0.25) is 0 Å². The molecule has 55 valence electrons. The lowest BCUT2D eigenvalue weighted by Gasteiger charge is -1.95. The highest BCUT2D eigenvalue weighted by atomic mass is 13.9. The summed E-state index contributed by atoms with van der Waals surface area (Å²) in [6.07, 6.45) is 17.5. The zero-order valence-electron chi connectivity index (χ0n) is 6.42. The van der Waals surface area contributed by atoms with Crippen LogP contribution >= 0.6 is 0 Å². The Morgan fingerprint density at radius 1 is 0.600 bits per heavy atom. The van der Waals surface area contributed by atoms with E-state index in [0.717, 1.165) is 6.42 Å². The predicted molar refractivity (Wildman–Crippen MR) is 45.7 cm³/mol. The second-order valence-corrected chi connectivity index (χ2v) is 2.62. The van der Waals surface area contributed by atoms with Gasteiger partial charge in [-0.25, -0.2) is 0 Å². The van der Waals surface area contributed by atoms with Gasteiger partial charge in [0.25, 0.3) is 0 Å². The Kier molecular flexibility index (Phi) is 4.00. The monoisotopic (exact) mass is 135 g/mol. The van der Waals surface area contributed by atoms with Crippen molar-refractivity contribution in [2.75, 3.05) is 0 Å². The highest BCUT2D eigenvalue weighted by Crippen LogP contribution is 2.05. The van der Waals surface area contributed by atoms with Crippen LogP contribution in [0, 0.1) is 6.42 Å². The Bertz CT molecular complexity index is 104. The van der Waals surface area contributed by atoms with Crippen molar-refractivity contribution in [2.24, 2.45) is 0 Å². The predicted octanol–water partition coefficient (Wildman–Crippen LogP) is 3.27. The summed E-state index contributed by atoms with van der Waals surface area (Å²) in [4.78, 5) is 0. The molecule has 0 unspecified atom stereocenters. The van der Waals surface area contributed by atoms with Crippen LogP contribution in [0.1, 0.15) is 32.1 Å². The van der Waals surface area contributed by atoms with E-state index in [-0.39, 0.29) is 0 Å². The molecule has 0 fully saturated rings. The standard InChI is InChI=1S/C10H15/c1-2-4-6-8-10-9-7-5-3-1/h1-2,5,8,10H,3-4,6-7,9H2/b2-1-,10-8-. The molecule has 0 atom stereocenters. The summed E-state index contributed by atoms with van der Waals surface area (Å²) in [5, 5.41) is 0. The summed E-state index contributed by atoms with van der Waals surface area (Å²) < 4.78 is 0. The first-order valence-corrected chi connectivity index (χ1v) is 4.12. The van der Waals surface area contributed by atoms with E-state index < -0.39 is 0 Å². The maximum absolute atomic E-state index is 2.34. The van der Waals surface area contributed by atoms with Gasteiger partial charge in [-0.3, -0.25) is 0 Å². The van der Waals surface area contributed by atoms with Crippen molar-refractivity contribution < 1.29 is 0 Å². The highest BCUT2D eigenvalue weighted by Gasteiger charge is 1.86. The maximum Gasteiger partial charge on any atom is -0.0316 e. The van der Waals surface area contributed by atoms with E-state index in [1.54, 1.807) is 0 Å². The topological polar surface area (TPSA) is 0 Å². The third kappa shape index (κ3) is 3.49. The Morgan fingerprint density at radius 3 is 2.00 bits per heavy atom. The average molecular weight is 135 g/mol. The molecule has 0 heterocycles. The molecule has 0 amide bonds. The van der Waals surface area contributed by atoms with E-state index >= 15 is 0 Å². The lowest BCUT2D eigenvalue weighted by molar-refractivity contribution is 0.909. The minimum Gasteiger partial charge on any atom is -0.0885 e. The molecule has 1 radical (unpaired) electrons. The average Bonchev–Trinajstić information content (AvgIpc) is 2.01. The summed E-state index contributed by atoms with van der Waals surface area (Å²) in [5.74, 6) is 0. The molecule has 0 N–H and O–H groups in total. The largest absolute Gasteiger partial charge is 0.0885 e. The van der Waals surface area contributed by atoms with E-state index in [2.05, 4.69) is 30.7 Å². The van der Waals surface area contributed by atoms with Gasteiger partial charge in [-0.1, -0.05) is 24.3 Å². The summed E-state index contributed by atoms with van der Waals surface area (Å²) in [6.45, 7) is 0. The van der Waals surface area contributed by atoms with Gasteiger partial charge in [-0.2, -0.15) is 0 Å². The lowest BCUT2D eigenvalue weighted by atomic mass is 10.1. The van der Waals surface area contributed by atoms with Gasteiger partial charge in [-0.05, 0) is 38.5 Å². The van der Waals surface area contributed by atoms with Crippen LogP contribution in [0.25, 0.3) is 0 Å². The molecule has 0 bridgehead atoms. The first-order chi connectivity index (χ1) is 5.00. The SMILES string of the molecule is [CH]1C/C=C\CC/C=C\CC1. The third-order valence-electron chi connectivity index (χ3n) is 1.67. The number of allylic oxidation sites excluding steroid dienone is 4. The molecule has 0 spiro atoms. The third-order valence-corrected chi connectivity index (χ3v) is 1.67. The molecule has 1 aliphatic rings. The van der Waals surface area contributed by atoms with E-state index in [9.17, 15) is 0 Å². The summed E-state index contributed by atoms with van der Waals surface area (Å²) >= 11 is 0. The lowest BCUT2D eigenvalue weighted by Crippen LogP contribution is -1.76. The van der Waals surface area contributed by atoms with Crippen LogP contribution in [0.5, 0.6) is 0 Å². The molecular weight excluding hydrogens is 120 g/mol. The zero-order chi connectivity index (χ0) is 7.07. The first-order valence-electron chi connectivity index (χ1n) is 4.12. The van der Waals surface area contributed by atoms with E-state index in [1.165, 1.54) is 25.7 Å². The van der Waals surface area contributed by atoms with Crippen LogP contribution in [0.4, 0.5) is 0 Å². The van der Waals surface area contributed by atoms with Gasteiger partial charge >= 0.3 is 0 Å². The highest BCUT2D eigenvalue weighted by molar-refractivity contribution is 4.93. The second-order valence-electron chi connectivity index (χ2n) is 2.62. The summed E-state index contributed by atoms with van der Waals surface area (Å²) in [6, 6.07) is 0. The molecule has 10 heavy (non-hydrogen) atoms. The van der Waals surface area contributed by atoms with Gasteiger partial charge in [0.2, 0.25) is 0 Å². The van der Waals surface area contributed by atoms with E-state index in [1.807, 2.05) is 0 Å². The molecule has 0 saturated heterocycles. The van der Waals surface area contributed by atoms with E-state index in [0.29, 0.717) is 0 Å². The molecular formula is C10H15. The molecule has 0 aromatic heterocycles. The Balaban J connectivity index is 2.23. The van der Waals surface area contributed by atoms with Crippen molar-refractivity contribution in [3.05, 3.63) is 30.7 Å². The van der Waals surface area contributed by atoms with Gasteiger partial charge in [0.05, 0.1) is 0 Å². The molecule has 0 heteroatoms. The minimum absolute atomic E-state index is 1.16. The molecule has 0 aromatic rings. The molecule has 0 nitrogen and oxygen atoms in total. The Hall–Kier alpha value is -0.520. The Morgan fingerprint density at radius 2 is 1.20 bits per heavy atom. The van der Waals surface area contributed by atoms with Crippen LogP contribution in [0.3, 0.4) is 0 Å². The van der Waals surface area contributed by atoms with Crippen molar-refractivity contribution >= 4 is 0 Å². The van der Waals surface area contributed by atoms with Gasteiger partial charge in [-0.15, -0.1) is 0 Å². The number of hydrogen-bond donors (Lipinski definition) is 0. The number of hydrogen-bond acceptors (Lipinski definition) is 0. The fourth-order valence-corrected chi connectivity index (χ4v) is 1.07. The van der Waals surface area contributed by atoms with Crippen LogP contribution in [0.15, 0.2) is 24.3 Å². The molecule has 0 saturated carbocycles. The van der Waals surface area contributed by atoms with Crippen molar-refractivity contribution in [3.8, 4) is 0 Å². The quantitative estimate of drug-likeness (QED) is 0.447. The fraction of sp³-hybridized carbons (Fsp3) is 0.500.